The number of carboxylic acids is 1. The van der Waals surface area contributed by atoms with Crippen LogP contribution in [0.3, 0.4) is 0 Å². The Kier molecular flexibility index (Phi) is 5.30. The molecule has 1 saturated carbocycles. The molecule has 1 aliphatic carbocycles. The van der Waals surface area contributed by atoms with Gasteiger partial charge in [0.05, 0.1) is 6.42 Å². The summed E-state index contributed by atoms with van der Waals surface area (Å²) in [5, 5.41) is 15.9. The molecule has 1 fully saturated rings. The van der Waals surface area contributed by atoms with Crippen molar-refractivity contribution in [2.45, 2.75) is 44.3 Å². The summed E-state index contributed by atoms with van der Waals surface area (Å²) in [4.78, 5) is 44.6. The second-order valence-electron chi connectivity index (χ2n) is 4.68. The van der Waals surface area contributed by atoms with Gasteiger partial charge in [0.2, 0.25) is 11.8 Å². The molecule has 1 rings (SSSR count). The first-order valence-electron chi connectivity index (χ1n) is 6.18. The lowest BCUT2D eigenvalue weighted by Gasteiger charge is -2.17. The Balaban J connectivity index is 2.41. The Morgan fingerprint density at radius 1 is 1.25 bits per heavy atom. The molecule has 9 nitrogen and oxygen atoms in total. The molecule has 4 amide bonds. The number of carbonyl (C=O) groups excluding carboxylic acids is 3. The Bertz CT molecular complexity index is 421. The summed E-state index contributed by atoms with van der Waals surface area (Å²) in [6.07, 6.45) is 1.32. The van der Waals surface area contributed by atoms with E-state index in [0.717, 1.165) is 12.8 Å². The molecule has 0 aromatic carbocycles. The number of rotatable bonds is 7. The molecule has 0 aromatic rings. The minimum absolute atomic E-state index is 0.163. The summed E-state index contributed by atoms with van der Waals surface area (Å²) >= 11 is 0. The number of aliphatic carboxylic acids is 1. The van der Waals surface area contributed by atoms with Gasteiger partial charge in [-0.3, -0.25) is 9.59 Å². The maximum atomic E-state index is 11.6. The van der Waals surface area contributed by atoms with Crippen LogP contribution in [-0.4, -0.2) is 47.0 Å². The number of urea groups is 1. The van der Waals surface area contributed by atoms with E-state index in [1.807, 2.05) is 0 Å². The average molecular weight is 286 g/mol. The maximum absolute atomic E-state index is 11.6. The monoisotopic (exact) mass is 286 g/mol. The van der Waals surface area contributed by atoms with Gasteiger partial charge in [-0.05, 0) is 19.8 Å². The minimum Gasteiger partial charge on any atom is -0.480 e. The Hall–Kier alpha value is -2.32. The summed E-state index contributed by atoms with van der Waals surface area (Å²) in [5.41, 5.74) is 4.88. The SMILES string of the molecule is CC(NC(=O)N[C@H](CC(N)=O)C(=O)O)C(=O)NC1CC1. The van der Waals surface area contributed by atoms with Gasteiger partial charge in [-0.1, -0.05) is 0 Å². The van der Waals surface area contributed by atoms with E-state index in [1.54, 1.807) is 0 Å². The van der Waals surface area contributed by atoms with Crippen molar-refractivity contribution >= 4 is 23.8 Å². The van der Waals surface area contributed by atoms with Crippen LogP contribution in [0, 0.1) is 0 Å². The van der Waals surface area contributed by atoms with Gasteiger partial charge >= 0.3 is 12.0 Å². The molecular formula is C11H18N4O5. The predicted molar refractivity (Wildman–Crippen MR) is 67.5 cm³/mol. The lowest BCUT2D eigenvalue weighted by molar-refractivity contribution is -0.140. The van der Waals surface area contributed by atoms with Crippen LogP contribution in [-0.2, 0) is 14.4 Å². The van der Waals surface area contributed by atoms with Crippen molar-refractivity contribution < 1.29 is 24.3 Å². The number of primary amides is 1. The van der Waals surface area contributed by atoms with Crippen molar-refractivity contribution in [3.05, 3.63) is 0 Å². The quantitative estimate of drug-likeness (QED) is 0.377. The van der Waals surface area contributed by atoms with Crippen LogP contribution in [0.1, 0.15) is 26.2 Å². The van der Waals surface area contributed by atoms with E-state index >= 15 is 0 Å². The van der Waals surface area contributed by atoms with Gasteiger partial charge in [0.25, 0.3) is 0 Å². The molecule has 0 heterocycles. The summed E-state index contributed by atoms with van der Waals surface area (Å²) in [5.74, 6) is -2.57. The van der Waals surface area contributed by atoms with Crippen molar-refractivity contribution in [2.24, 2.45) is 5.73 Å². The standard InChI is InChI=1S/C11H18N4O5/c1-5(9(17)14-6-2-3-6)13-11(20)15-7(10(18)19)4-8(12)16/h5-7H,2-4H2,1H3,(H2,12,16)(H,14,17)(H,18,19)(H2,13,15,20)/t5?,7-/m1/s1. The third-order valence-corrected chi connectivity index (χ3v) is 2.67. The highest BCUT2D eigenvalue weighted by molar-refractivity contribution is 5.90. The van der Waals surface area contributed by atoms with E-state index in [4.69, 9.17) is 10.8 Å². The lowest BCUT2D eigenvalue weighted by atomic mass is 10.2. The first kappa shape index (κ1) is 15.7. The molecule has 1 aliphatic rings. The predicted octanol–water partition coefficient (Wildman–Crippen LogP) is -1.72. The molecular weight excluding hydrogens is 268 g/mol. The third-order valence-electron chi connectivity index (χ3n) is 2.67. The highest BCUT2D eigenvalue weighted by atomic mass is 16.4. The number of carbonyl (C=O) groups is 4. The van der Waals surface area contributed by atoms with Crippen LogP contribution in [0.5, 0.6) is 0 Å². The molecule has 0 aromatic heterocycles. The summed E-state index contributed by atoms with van der Waals surface area (Å²) in [6, 6.07) is -2.92. The highest BCUT2D eigenvalue weighted by Gasteiger charge is 2.27. The van der Waals surface area contributed by atoms with Crippen LogP contribution >= 0.6 is 0 Å². The third kappa shape index (κ3) is 5.55. The maximum Gasteiger partial charge on any atom is 0.326 e. The molecule has 0 saturated heterocycles. The summed E-state index contributed by atoms with van der Waals surface area (Å²) in [7, 11) is 0. The number of nitrogens with two attached hydrogens (primary N) is 1. The molecule has 0 radical (unpaired) electrons. The molecule has 1 unspecified atom stereocenters. The van der Waals surface area contributed by atoms with Crippen LogP contribution in [0.2, 0.25) is 0 Å². The van der Waals surface area contributed by atoms with E-state index in [1.165, 1.54) is 6.92 Å². The van der Waals surface area contributed by atoms with Crippen LogP contribution in [0.4, 0.5) is 4.79 Å². The molecule has 2 atom stereocenters. The van der Waals surface area contributed by atoms with Crippen molar-refractivity contribution in [2.75, 3.05) is 0 Å². The van der Waals surface area contributed by atoms with Gasteiger partial charge in [0.1, 0.15) is 12.1 Å². The Morgan fingerprint density at radius 3 is 2.30 bits per heavy atom. The zero-order valence-electron chi connectivity index (χ0n) is 11.0. The largest absolute Gasteiger partial charge is 0.480 e. The molecule has 0 aliphatic heterocycles. The second kappa shape index (κ2) is 6.73. The van der Waals surface area contributed by atoms with Crippen molar-refractivity contribution in [3.63, 3.8) is 0 Å². The van der Waals surface area contributed by atoms with Gasteiger partial charge < -0.3 is 26.8 Å². The van der Waals surface area contributed by atoms with Gasteiger partial charge in [0.15, 0.2) is 0 Å². The number of carboxylic acid groups (broad SMARTS) is 1. The molecule has 9 heteroatoms. The number of amides is 4. The zero-order chi connectivity index (χ0) is 15.3. The zero-order valence-corrected chi connectivity index (χ0v) is 11.0. The van der Waals surface area contributed by atoms with Gasteiger partial charge in [-0.25, -0.2) is 9.59 Å². The van der Waals surface area contributed by atoms with E-state index in [-0.39, 0.29) is 11.9 Å². The number of hydrogen-bond acceptors (Lipinski definition) is 4. The van der Waals surface area contributed by atoms with Crippen molar-refractivity contribution in [3.8, 4) is 0 Å². The van der Waals surface area contributed by atoms with E-state index in [9.17, 15) is 19.2 Å². The molecule has 0 spiro atoms. The average Bonchev–Trinajstić information content (AvgIpc) is 3.10. The fourth-order valence-corrected chi connectivity index (χ4v) is 1.42. The van der Waals surface area contributed by atoms with Crippen LogP contribution in [0.25, 0.3) is 0 Å². The smallest absolute Gasteiger partial charge is 0.326 e. The highest BCUT2D eigenvalue weighted by Crippen LogP contribution is 2.18. The number of hydrogen-bond donors (Lipinski definition) is 5. The first-order chi connectivity index (χ1) is 9.29. The fourth-order valence-electron chi connectivity index (χ4n) is 1.42. The first-order valence-corrected chi connectivity index (χ1v) is 6.18. The van der Waals surface area contributed by atoms with Crippen LogP contribution < -0.4 is 21.7 Å². The van der Waals surface area contributed by atoms with Crippen molar-refractivity contribution in [1.29, 1.82) is 0 Å². The second-order valence-corrected chi connectivity index (χ2v) is 4.68. The summed E-state index contributed by atoms with van der Waals surface area (Å²) in [6.45, 7) is 1.47. The molecule has 6 N–H and O–H groups in total. The normalized spacial score (nSPS) is 16.6. The number of nitrogens with one attached hydrogen (secondary N) is 3. The van der Waals surface area contributed by atoms with E-state index in [0.29, 0.717) is 0 Å². The molecule has 20 heavy (non-hydrogen) atoms. The topological polar surface area (TPSA) is 151 Å². The van der Waals surface area contributed by atoms with Crippen molar-refractivity contribution in [1.82, 2.24) is 16.0 Å². The molecule has 112 valence electrons. The van der Waals surface area contributed by atoms with E-state index < -0.39 is 36.4 Å². The van der Waals surface area contributed by atoms with Crippen LogP contribution in [0.15, 0.2) is 0 Å². The summed E-state index contributed by atoms with van der Waals surface area (Å²) < 4.78 is 0. The van der Waals surface area contributed by atoms with E-state index in [2.05, 4.69) is 16.0 Å². The van der Waals surface area contributed by atoms with Gasteiger partial charge in [-0.2, -0.15) is 0 Å². The van der Waals surface area contributed by atoms with Gasteiger partial charge in [-0.15, -0.1) is 0 Å². The fraction of sp³-hybridized carbons (Fsp3) is 0.636. The van der Waals surface area contributed by atoms with Gasteiger partial charge in [0, 0.05) is 6.04 Å². The lowest BCUT2D eigenvalue weighted by Crippen LogP contribution is -2.53. The minimum atomic E-state index is -1.42. The Labute approximate surface area is 115 Å². The molecule has 0 bridgehead atoms. The Morgan fingerprint density at radius 2 is 1.85 bits per heavy atom.